The Morgan fingerprint density at radius 3 is 2.44 bits per heavy atom. The molecule has 0 radical (unpaired) electrons. The van der Waals surface area contributed by atoms with E-state index in [0.29, 0.717) is 10.4 Å². The van der Waals surface area contributed by atoms with Gasteiger partial charge in [-0.05, 0) is 46.2 Å². The van der Waals surface area contributed by atoms with Crippen LogP contribution in [-0.4, -0.2) is 38.3 Å². The molecule has 0 aliphatic carbocycles. The zero-order valence-corrected chi connectivity index (χ0v) is 17.4. The van der Waals surface area contributed by atoms with Crippen LogP contribution < -0.4 is 10.5 Å². The van der Waals surface area contributed by atoms with Crippen molar-refractivity contribution in [2.75, 3.05) is 0 Å². The maximum absolute atomic E-state index is 12.9. The highest BCUT2D eigenvalue weighted by atomic mass is 32.2. The van der Waals surface area contributed by atoms with Crippen LogP contribution >= 0.6 is 11.3 Å². The first-order valence-electron chi connectivity index (χ1n) is 7.81. The summed E-state index contributed by atoms with van der Waals surface area (Å²) in [5.41, 5.74) is 0.562. The number of nitrogens with one attached hydrogen (secondary N) is 1. The van der Waals surface area contributed by atoms with E-state index < -0.39 is 35.3 Å². The highest BCUT2D eigenvalue weighted by Gasteiger charge is 2.54. The molecule has 1 amide bonds. The molecule has 25 heavy (non-hydrogen) atoms. The quantitative estimate of drug-likeness (QED) is 0.751. The van der Waals surface area contributed by atoms with Crippen molar-refractivity contribution >= 4 is 37.1 Å². The zero-order chi connectivity index (χ0) is 19.4. The molecule has 1 atom stereocenters. The van der Waals surface area contributed by atoms with E-state index in [1.807, 2.05) is 0 Å². The third-order valence-corrected chi connectivity index (χ3v) is 10.3. The van der Waals surface area contributed by atoms with Gasteiger partial charge in [0.1, 0.15) is 4.21 Å². The predicted octanol–water partition coefficient (Wildman–Crippen LogP) is 0.971. The van der Waals surface area contributed by atoms with Crippen molar-refractivity contribution in [3.8, 4) is 0 Å². The third-order valence-electron chi connectivity index (χ3n) is 4.46. The lowest BCUT2D eigenvalue weighted by atomic mass is 10.0. The molecule has 142 valence electrons. The van der Waals surface area contributed by atoms with Crippen LogP contribution in [0.3, 0.4) is 0 Å². The van der Waals surface area contributed by atoms with Gasteiger partial charge in [-0.1, -0.05) is 0 Å². The second-order valence-corrected chi connectivity index (χ2v) is 13.5. The van der Waals surface area contributed by atoms with Crippen LogP contribution in [-0.2, 0) is 37.5 Å². The SMILES string of the molecule is CC(C)NC(=O)C1(C)Cc2cc(CC(C)(C)S(N)(=O)=O)sc2S1(=O)=O. The van der Waals surface area contributed by atoms with E-state index in [1.54, 1.807) is 19.9 Å². The van der Waals surface area contributed by atoms with E-state index >= 15 is 0 Å². The molecule has 1 unspecified atom stereocenters. The Bertz CT molecular complexity index is 913. The number of hydrogen-bond acceptors (Lipinski definition) is 6. The summed E-state index contributed by atoms with van der Waals surface area (Å²) in [6.07, 6.45) is 0.198. The van der Waals surface area contributed by atoms with Gasteiger partial charge in [0.25, 0.3) is 0 Å². The van der Waals surface area contributed by atoms with E-state index in [1.165, 1.54) is 20.8 Å². The largest absolute Gasteiger partial charge is 0.353 e. The van der Waals surface area contributed by atoms with E-state index in [4.69, 9.17) is 5.14 Å². The standard InChI is InChI=1S/C15H24N2O5S3/c1-9(2)17-13(18)15(5)7-10-6-11(23-12(10)24(15,19)20)8-14(3,4)25(16,21)22/h6,9H,7-8H2,1-5H3,(H,17,18)(H2,16,21,22). The fourth-order valence-electron chi connectivity index (χ4n) is 2.71. The molecule has 3 N–H and O–H groups in total. The molecule has 1 aromatic heterocycles. The molecular formula is C15H24N2O5S3. The van der Waals surface area contributed by atoms with Gasteiger partial charge in [0, 0.05) is 23.8 Å². The molecule has 7 nitrogen and oxygen atoms in total. The van der Waals surface area contributed by atoms with Crippen molar-refractivity contribution in [3.63, 3.8) is 0 Å². The van der Waals surface area contributed by atoms with Crippen LogP contribution in [0.4, 0.5) is 0 Å². The molecule has 10 heteroatoms. The molecule has 1 aliphatic heterocycles. The first kappa shape index (κ1) is 20.3. The van der Waals surface area contributed by atoms with E-state index in [0.717, 1.165) is 11.3 Å². The summed E-state index contributed by atoms with van der Waals surface area (Å²) in [7, 11) is -7.61. The molecule has 0 saturated carbocycles. The first-order chi connectivity index (χ1) is 11.1. The predicted molar refractivity (Wildman–Crippen MR) is 97.8 cm³/mol. The second-order valence-electron chi connectivity index (χ2n) is 7.55. The second kappa shape index (κ2) is 6.04. The average Bonchev–Trinajstić information content (AvgIpc) is 2.85. The van der Waals surface area contributed by atoms with Crippen LogP contribution in [0, 0.1) is 0 Å². The molecule has 0 aromatic carbocycles. The van der Waals surface area contributed by atoms with E-state index in [-0.39, 0.29) is 23.1 Å². The molecule has 2 rings (SSSR count). The summed E-state index contributed by atoms with van der Waals surface area (Å²) in [5.74, 6) is -0.516. The molecule has 0 saturated heterocycles. The van der Waals surface area contributed by atoms with Gasteiger partial charge in [-0.3, -0.25) is 4.79 Å². The van der Waals surface area contributed by atoms with Crippen molar-refractivity contribution in [1.82, 2.24) is 5.32 Å². The number of thiophene rings is 1. The molecular weight excluding hydrogens is 384 g/mol. The van der Waals surface area contributed by atoms with Crippen LogP contribution in [0.25, 0.3) is 0 Å². The van der Waals surface area contributed by atoms with Crippen molar-refractivity contribution in [1.29, 1.82) is 0 Å². The summed E-state index contributed by atoms with van der Waals surface area (Å²) in [4.78, 5) is 13.0. The van der Waals surface area contributed by atoms with Gasteiger partial charge >= 0.3 is 0 Å². The Morgan fingerprint density at radius 2 is 2.00 bits per heavy atom. The lowest BCUT2D eigenvalue weighted by Crippen LogP contribution is -2.50. The maximum Gasteiger partial charge on any atom is 0.242 e. The molecule has 0 fully saturated rings. The minimum Gasteiger partial charge on any atom is -0.353 e. The normalized spacial score (nSPS) is 22.8. The maximum atomic E-state index is 12.9. The van der Waals surface area contributed by atoms with Crippen molar-refractivity contribution in [3.05, 3.63) is 16.5 Å². The Hall–Kier alpha value is -0.970. The minimum absolute atomic E-state index is 0.0789. The van der Waals surface area contributed by atoms with Crippen molar-refractivity contribution < 1.29 is 21.6 Å². The Morgan fingerprint density at radius 1 is 1.44 bits per heavy atom. The van der Waals surface area contributed by atoms with Crippen molar-refractivity contribution in [2.24, 2.45) is 5.14 Å². The van der Waals surface area contributed by atoms with Gasteiger partial charge < -0.3 is 5.32 Å². The Kier molecular flexibility index (Phi) is 4.91. The molecule has 2 heterocycles. The number of nitrogens with two attached hydrogens (primary N) is 1. The highest BCUT2D eigenvalue weighted by Crippen LogP contribution is 2.45. The number of carbonyl (C=O) groups excluding carboxylic acids is 1. The summed E-state index contributed by atoms with van der Waals surface area (Å²) in [6.45, 7) is 7.97. The van der Waals surface area contributed by atoms with Gasteiger partial charge in [-0.15, -0.1) is 11.3 Å². The number of rotatable bonds is 5. The summed E-state index contributed by atoms with van der Waals surface area (Å²) >= 11 is 1.02. The van der Waals surface area contributed by atoms with Gasteiger partial charge in [0.15, 0.2) is 4.75 Å². The Labute approximate surface area is 153 Å². The topological polar surface area (TPSA) is 123 Å². The number of hydrogen-bond donors (Lipinski definition) is 2. The fourth-order valence-corrected chi connectivity index (χ4v) is 7.13. The number of primary sulfonamides is 1. The number of fused-ring (bicyclic) bond motifs is 1. The summed E-state index contributed by atoms with van der Waals surface area (Å²) in [5, 5.41) is 7.91. The number of sulfone groups is 1. The smallest absolute Gasteiger partial charge is 0.242 e. The lowest BCUT2D eigenvalue weighted by molar-refractivity contribution is -0.123. The van der Waals surface area contributed by atoms with Gasteiger partial charge in [-0.2, -0.15) is 0 Å². The van der Waals surface area contributed by atoms with Crippen molar-refractivity contribution in [2.45, 2.75) is 67.2 Å². The Balaban J connectivity index is 2.38. The average molecular weight is 409 g/mol. The van der Waals surface area contributed by atoms with Gasteiger partial charge in [0.2, 0.25) is 25.8 Å². The third kappa shape index (κ3) is 3.36. The number of amides is 1. The molecule has 1 aromatic rings. The van der Waals surface area contributed by atoms with E-state index in [9.17, 15) is 21.6 Å². The highest BCUT2D eigenvalue weighted by molar-refractivity contribution is 7.96. The lowest BCUT2D eigenvalue weighted by Gasteiger charge is -2.24. The van der Waals surface area contributed by atoms with Gasteiger partial charge in [0.05, 0.1) is 4.75 Å². The molecule has 0 spiro atoms. The number of carbonyl (C=O) groups is 1. The number of sulfonamides is 1. The molecule has 1 aliphatic rings. The zero-order valence-electron chi connectivity index (χ0n) is 14.9. The summed E-state index contributed by atoms with van der Waals surface area (Å²) < 4.78 is 46.6. The molecule has 0 bridgehead atoms. The fraction of sp³-hybridized carbons (Fsp3) is 0.667. The first-order valence-corrected chi connectivity index (χ1v) is 11.7. The monoisotopic (exact) mass is 408 g/mol. The minimum atomic E-state index is -3.84. The van der Waals surface area contributed by atoms with Crippen LogP contribution in [0.5, 0.6) is 0 Å². The summed E-state index contributed by atoms with van der Waals surface area (Å²) in [6, 6.07) is 1.52. The van der Waals surface area contributed by atoms with Gasteiger partial charge in [-0.25, -0.2) is 22.0 Å². The van der Waals surface area contributed by atoms with Crippen LogP contribution in [0.15, 0.2) is 10.3 Å². The van der Waals surface area contributed by atoms with Crippen LogP contribution in [0.2, 0.25) is 0 Å². The van der Waals surface area contributed by atoms with Crippen LogP contribution in [0.1, 0.15) is 45.1 Å². The van der Waals surface area contributed by atoms with E-state index in [2.05, 4.69) is 5.32 Å².